The van der Waals surface area contributed by atoms with Gasteiger partial charge in [-0.15, -0.1) is 0 Å². The zero-order valence-corrected chi connectivity index (χ0v) is 10.8. The van der Waals surface area contributed by atoms with Gasteiger partial charge in [0.25, 0.3) is 0 Å². The van der Waals surface area contributed by atoms with Crippen LogP contribution in [0.2, 0.25) is 0 Å². The second-order valence-electron chi connectivity index (χ2n) is 5.44. The maximum Gasteiger partial charge on any atom is 0.220 e. The molecule has 0 radical (unpaired) electrons. The van der Waals surface area contributed by atoms with Crippen LogP contribution < -0.4 is 10.1 Å². The van der Waals surface area contributed by atoms with Crippen molar-refractivity contribution < 1.29 is 4.74 Å². The molecule has 1 aromatic rings. The van der Waals surface area contributed by atoms with Gasteiger partial charge < -0.3 is 10.1 Å². The minimum atomic E-state index is 0.702. The fourth-order valence-electron chi connectivity index (χ4n) is 2.24. The third-order valence-electron chi connectivity index (χ3n) is 3.89. The van der Waals surface area contributed by atoms with Crippen molar-refractivity contribution >= 4 is 0 Å². The van der Waals surface area contributed by atoms with E-state index in [1.54, 1.807) is 6.33 Å². The highest BCUT2D eigenvalue weighted by molar-refractivity contribution is 5.22. The van der Waals surface area contributed by atoms with Gasteiger partial charge in [-0.25, -0.2) is 9.97 Å². The number of nitrogens with one attached hydrogen (secondary N) is 1. The molecule has 18 heavy (non-hydrogen) atoms. The Hall–Kier alpha value is -1.16. The maximum absolute atomic E-state index is 5.81. The molecular formula is C14H21N3O. The van der Waals surface area contributed by atoms with Crippen molar-refractivity contribution in [2.45, 2.75) is 51.1 Å². The Kier molecular flexibility index (Phi) is 3.74. The molecule has 4 heteroatoms. The van der Waals surface area contributed by atoms with E-state index in [1.807, 2.05) is 6.20 Å². The van der Waals surface area contributed by atoms with Gasteiger partial charge in [-0.05, 0) is 25.2 Å². The highest BCUT2D eigenvalue weighted by atomic mass is 16.5. The largest absolute Gasteiger partial charge is 0.477 e. The summed E-state index contributed by atoms with van der Waals surface area (Å²) in [5, 5.41) is 3.47. The Labute approximate surface area is 108 Å². The molecule has 1 heterocycles. The zero-order chi connectivity index (χ0) is 12.2. The maximum atomic E-state index is 5.81. The first-order chi connectivity index (χ1) is 8.92. The Morgan fingerprint density at radius 2 is 2.17 bits per heavy atom. The predicted molar refractivity (Wildman–Crippen MR) is 69.3 cm³/mol. The minimum absolute atomic E-state index is 0.702. The second kappa shape index (κ2) is 5.65. The van der Waals surface area contributed by atoms with Gasteiger partial charge in [0.2, 0.25) is 5.88 Å². The minimum Gasteiger partial charge on any atom is -0.477 e. The van der Waals surface area contributed by atoms with Crippen molar-refractivity contribution in [2.24, 2.45) is 5.92 Å². The summed E-state index contributed by atoms with van der Waals surface area (Å²) in [6.45, 7) is 1.61. The van der Waals surface area contributed by atoms with Crippen molar-refractivity contribution in [1.82, 2.24) is 15.3 Å². The van der Waals surface area contributed by atoms with Gasteiger partial charge in [0.05, 0.1) is 6.61 Å². The standard InChI is InChI=1S/C14H21N3O/c1-2-11(3-1)6-7-18-14-12(8-15-10-17-14)9-16-13-4-5-13/h8,10-11,13,16H,1-7,9H2. The van der Waals surface area contributed by atoms with Crippen LogP contribution in [0.25, 0.3) is 0 Å². The van der Waals surface area contributed by atoms with Crippen LogP contribution in [-0.2, 0) is 6.54 Å². The SMILES string of the molecule is c1ncc(CNC2CC2)c(OCCC2CCC2)n1. The molecule has 0 aliphatic heterocycles. The Morgan fingerprint density at radius 3 is 2.89 bits per heavy atom. The summed E-state index contributed by atoms with van der Waals surface area (Å²) in [4.78, 5) is 8.33. The first kappa shape index (κ1) is 11.9. The highest BCUT2D eigenvalue weighted by Crippen LogP contribution is 2.29. The van der Waals surface area contributed by atoms with Crippen molar-refractivity contribution in [3.05, 3.63) is 18.1 Å². The van der Waals surface area contributed by atoms with Crippen LogP contribution in [-0.4, -0.2) is 22.6 Å². The van der Waals surface area contributed by atoms with Crippen molar-refractivity contribution in [3.63, 3.8) is 0 Å². The molecule has 3 rings (SSSR count). The zero-order valence-electron chi connectivity index (χ0n) is 10.8. The highest BCUT2D eigenvalue weighted by Gasteiger charge is 2.21. The molecule has 1 N–H and O–H groups in total. The molecule has 1 aromatic heterocycles. The molecule has 2 aliphatic carbocycles. The predicted octanol–water partition coefficient (Wildman–Crippen LogP) is 2.30. The van der Waals surface area contributed by atoms with Crippen LogP contribution >= 0.6 is 0 Å². The van der Waals surface area contributed by atoms with Gasteiger partial charge in [-0.2, -0.15) is 0 Å². The lowest BCUT2D eigenvalue weighted by molar-refractivity contribution is 0.215. The topological polar surface area (TPSA) is 47.0 Å². The number of rotatable bonds is 7. The Bertz CT molecular complexity index is 388. The third kappa shape index (κ3) is 3.19. The molecule has 2 aliphatic rings. The lowest BCUT2D eigenvalue weighted by Crippen LogP contribution is -2.18. The van der Waals surface area contributed by atoms with E-state index in [-0.39, 0.29) is 0 Å². The molecule has 98 valence electrons. The van der Waals surface area contributed by atoms with Crippen LogP contribution in [0, 0.1) is 5.92 Å². The van der Waals surface area contributed by atoms with Crippen molar-refractivity contribution in [3.8, 4) is 5.88 Å². The average molecular weight is 247 g/mol. The van der Waals surface area contributed by atoms with Gasteiger partial charge in [0.1, 0.15) is 6.33 Å². The van der Waals surface area contributed by atoms with E-state index in [2.05, 4.69) is 15.3 Å². The molecular weight excluding hydrogens is 226 g/mol. The summed E-state index contributed by atoms with van der Waals surface area (Å²) in [5.41, 5.74) is 1.08. The van der Waals surface area contributed by atoms with E-state index < -0.39 is 0 Å². The summed E-state index contributed by atoms with van der Waals surface area (Å²) in [7, 11) is 0. The number of hydrogen-bond donors (Lipinski definition) is 1. The number of nitrogens with zero attached hydrogens (tertiary/aromatic N) is 2. The molecule has 0 atom stereocenters. The lowest BCUT2D eigenvalue weighted by atomic mass is 9.83. The van der Waals surface area contributed by atoms with Crippen molar-refractivity contribution in [2.75, 3.05) is 6.61 Å². The van der Waals surface area contributed by atoms with E-state index in [0.717, 1.165) is 30.5 Å². The van der Waals surface area contributed by atoms with Gasteiger partial charge in [0, 0.05) is 24.3 Å². The van der Waals surface area contributed by atoms with Gasteiger partial charge in [0.15, 0.2) is 0 Å². The molecule has 0 bridgehead atoms. The fourth-order valence-corrected chi connectivity index (χ4v) is 2.24. The first-order valence-electron chi connectivity index (χ1n) is 7.07. The lowest BCUT2D eigenvalue weighted by Gasteiger charge is -2.25. The molecule has 4 nitrogen and oxygen atoms in total. The summed E-state index contributed by atoms with van der Waals surface area (Å²) in [6.07, 6.45) is 11.3. The number of ether oxygens (including phenoxy) is 1. The van der Waals surface area contributed by atoms with E-state index in [0.29, 0.717) is 6.04 Å². The summed E-state index contributed by atoms with van der Waals surface area (Å²) >= 11 is 0. The summed E-state index contributed by atoms with van der Waals surface area (Å²) in [5.74, 6) is 1.65. The molecule has 0 unspecified atom stereocenters. The third-order valence-corrected chi connectivity index (χ3v) is 3.89. The molecule has 0 saturated heterocycles. The Morgan fingerprint density at radius 1 is 1.28 bits per heavy atom. The molecule has 0 spiro atoms. The molecule has 2 fully saturated rings. The summed E-state index contributed by atoms with van der Waals surface area (Å²) in [6, 6.07) is 0.702. The van der Waals surface area contributed by atoms with Gasteiger partial charge in [-0.3, -0.25) is 0 Å². The molecule has 0 amide bonds. The van der Waals surface area contributed by atoms with Crippen LogP contribution in [0.15, 0.2) is 12.5 Å². The monoisotopic (exact) mass is 247 g/mol. The second-order valence-corrected chi connectivity index (χ2v) is 5.44. The number of aromatic nitrogens is 2. The smallest absolute Gasteiger partial charge is 0.220 e. The van der Waals surface area contributed by atoms with Crippen LogP contribution in [0.5, 0.6) is 5.88 Å². The number of hydrogen-bond acceptors (Lipinski definition) is 4. The van der Waals surface area contributed by atoms with E-state index in [4.69, 9.17) is 4.74 Å². The summed E-state index contributed by atoms with van der Waals surface area (Å²) < 4.78 is 5.81. The van der Waals surface area contributed by atoms with Gasteiger partial charge in [-0.1, -0.05) is 19.3 Å². The van der Waals surface area contributed by atoms with Gasteiger partial charge >= 0.3 is 0 Å². The molecule has 0 aromatic carbocycles. The first-order valence-corrected chi connectivity index (χ1v) is 7.07. The normalized spacial score (nSPS) is 19.6. The molecule has 2 saturated carbocycles. The van der Waals surface area contributed by atoms with Crippen molar-refractivity contribution in [1.29, 1.82) is 0 Å². The van der Waals surface area contributed by atoms with Crippen LogP contribution in [0.1, 0.15) is 44.1 Å². The quantitative estimate of drug-likeness (QED) is 0.803. The van der Waals surface area contributed by atoms with E-state index >= 15 is 0 Å². The fraction of sp³-hybridized carbons (Fsp3) is 0.714. The van der Waals surface area contributed by atoms with Crippen LogP contribution in [0.4, 0.5) is 0 Å². The van der Waals surface area contributed by atoms with E-state index in [1.165, 1.54) is 38.5 Å². The Balaban J connectivity index is 1.48. The average Bonchev–Trinajstić information content (AvgIpc) is 3.15. The van der Waals surface area contributed by atoms with E-state index in [9.17, 15) is 0 Å². The van der Waals surface area contributed by atoms with Crippen LogP contribution in [0.3, 0.4) is 0 Å².